The number of alkyl halides is 3. The normalized spacial score (nSPS) is 12.0. The molecule has 0 fully saturated rings. The van der Waals surface area contributed by atoms with Gasteiger partial charge in [-0.15, -0.1) is 0 Å². The van der Waals surface area contributed by atoms with Crippen LogP contribution in [0.5, 0.6) is 0 Å². The molecule has 1 aromatic heterocycles. The van der Waals surface area contributed by atoms with E-state index in [1.807, 2.05) is 60.7 Å². The van der Waals surface area contributed by atoms with E-state index >= 15 is 0 Å². The average Bonchev–Trinajstić information content (AvgIpc) is 2.69. The van der Waals surface area contributed by atoms with Crippen LogP contribution < -0.4 is 0 Å². The van der Waals surface area contributed by atoms with E-state index in [1.165, 1.54) is 12.3 Å². The fourth-order valence-corrected chi connectivity index (χ4v) is 4.84. The molecule has 1 heterocycles. The number of rotatable bonds is 5. The van der Waals surface area contributed by atoms with Crippen LogP contribution in [0.1, 0.15) is 10.5 Å². The standard InChI is InChI=1S/C19H13F3NO4S2/c20-19(21,22)29(25,26)27-18(24)17-13-16(11-12-23-17)28(14-7-3-1-4-8-14)15-9-5-2-6-10-15/h1-13H/q+1. The predicted molar refractivity (Wildman–Crippen MR) is 99.7 cm³/mol. The third-order valence-corrected chi connectivity index (χ3v) is 6.75. The summed E-state index contributed by atoms with van der Waals surface area (Å²) in [6.07, 6.45) is 1.22. The van der Waals surface area contributed by atoms with Crippen LogP contribution in [0, 0.1) is 0 Å². The number of pyridine rings is 1. The minimum Gasteiger partial charge on any atom is -0.333 e. The second-order valence-electron chi connectivity index (χ2n) is 5.58. The van der Waals surface area contributed by atoms with Gasteiger partial charge in [0.1, 0.15) is 0 Å². The zero-order valence-corrected chi connectivity index (χ0v) is 16.2. The highest BCUT2D eigenvalue weighted by molar-refractivity contribution is 7.97. The second-order valence-corrected chi connectivity index (χ2v) is 9.14. The Morgan fingerprint density at radius 2 is 1.38 bits per heavy atom. The molecule has 3 rings (SSSR count). The van der Waals surface area contributed by atoms with Crippen LogP contribution in [0.4, 0.5) is 13.2 Å². The lowest BCUT2D eigenvalue weighted by atomic mass is 10.3. The molecule has 0 aliphatic rings. The molecule has 150 valence electrons. The van der Waals surface area contributed by atoms with Gasteiger partial charge in [0.25, 0.3) is 0 Å². The van der Waals surface area contributed by atoms with Crippen molar-refractivity contribution in [3.05, 3.63) is 84.7 Å². The molecule has 29 heavy (non-hydrogen) atoms. The summed E-state index contributed by atoms with van der Waals surface area (Å²) in [6, 6.07) is 21.4. The number of hydrogen-bond donors (Lipinski definition) is 0. The number of halogens is 3. The van der Waals surface area contributed by atoms with Gasteiger partial charge in [0, 0.05) is 18.3 Å². The van der Waals surface area contributed by atoms with Crippen molar-refractivity contribution in [2.75, 3.05) is 0 Å². The number of carbonyl (C=O) groups excluding carboxylic acids is 1. The summed E-state index contributed by atoms with van der Waals surface area (Å²) in [5.74, 6) is -1.70. The first-order valence-electron chi connectivity index (χ1n) is 8.04. The monoisotopic (exact) mass is 440 g/mol. The van der Waals surface area contributed by atoms with Crippen molar-refractivity contribution in [1.82, 2.24) is 4.98 Å². The molecule has 0 bridgehead atoms. The fourth-order valence-electron chi connectivity index (χ4n) is 2.36. The minimum atomic E-state index is -6.07. The number of aromatic nitrogens is 1. The second kappa shape index (κ2) is 8.26. The lowest BCUT2D eigenvalue weighted by molar-refractivity contribution is -0.0525. The van der Waals surface area contributed by atoms with Gasteiger partial charge in [-0.1, -0.05) is 36.4 Å². The number of nitrogens with zero attached hydrogens (tertiary/aromatic N) is 1. The number of benzene rings is 2. The Balaban J connectivity index is 2.01. The highest BCUT2D eigenvalue weighted by Crippen LogP contribution is 2.31. The molecule has 0 N–H and O–H groups in total. The highest BCUT2D eigenvalue weighted by Gasteiger charge is 2.50. The van der Waals surface area contributed by atoms with Crippen molar-refractivity contribution in [3.63, 3.8) is 0 Å². The van der Waals surface area contributed by atoms with Crippen LogP contribution >= 0.6 is 0 Å². The summed E-state index contributed by atoms with van der Waals surface area (Å²) in [7, 11) is -6.77. The molecular weight excluding hydrogens is 427 g/mol. The molecule has 0 aliphatic carbocycles. The van der Waals surface area contributed by atoms with Crippen LogP contribution in [0.3, 0.4) is 0 Å². The van der Waals surface area contributed by atoms with Gasteiger partial charge in [-0.2, -0.15) is 21.6 Å². The van der Waals surface area contributed by atoms with Crippen LogP contribution in [0.15, 0.2) is 93.7 Å². The van der Waals surface area contributed by atoms with E-state index < -0.39 is 38.2 Å². The Kier molecular flexibility index (Phi) is 5.94. The van der Waals surface area contributed by atoms with Gasteiger partial charge in [-0.25, -0.2) is 9.78 Å². The Morgan fingerprint density at radius 3 is 1.86 bits per heavy atom. The molecule has 0 atom stereocenters. The number of carbonyl (C=O) groups is 1. The minimum absolute atomic E-state index is 0.542. The summed E-state index contributed by atoms with van der Waals surface area (Å²) in [4.78, 5) is 18.0. The summed E-state index contributed by atoms with van der Waals surface area (Å²) in [5, 5.41) is 0. The smallest absolute Gasteiger partial charge is 0.333 e. The Hall–Kier alpha value is -2.85. The van der Waals surface area contributed by atoms with Gasteiger partial charge < -0.3 is 4.18 Å². The first-order chi connectivity index (χ1) is 13.7. The van der Waals surface area contributed by atoms with Crippen LogP contribution in [-0.2, 0) is 25.2 Å². The first kappa shape index (κ1) is 20.9. The lowest BCUT2D eigenvalue weighted by Crippen LogP contribution is -2.28. The molecule has 0 saturated heterocycles. The van der Waals surface area contributed by atoms with E-state index in [0.717, 1.165) is 9.79 Å². The third kappa shape index (κ3) is 4.77. The van der Waals surface area contributed by atoms with Crippen LogP contribution in [0.25, 0.3) is 0 Å². The predicted octanol–water partition coefficient (Wildman–Crippen LogP) is 4.18. The first-order valence-corrected chi connectivity index (χ1v) is 10.7. The van der Waals surface area contributed by atoms with Crippen molar-refractivity contribution in [2.45, 2.75) is 20.2 Å². The summed E-state index contributed by atoms with van der Waals surface area (Å²) >= 11 is 0. The van der Waals surface area contributed by atoms with Crippen molar-refractivity contribution < 1.29 is 30.6 Å². The largest absolute Gasteiger partial charge is 0.534 e. The van der Waals surface area contributed by atoms with Crippen LogP contribution in [-0.4, -0.2) is 24.9 Å². The molecule has 0 spiro atoms. The van der Waals surface area contributed by atoms with E-state index in [2.05, 4.69) is 9.17 Å². The SMILES string of the molecule is O=C(OS(=O)(=O)C(F)(F)F)c1cc([S+](c2ccccc2)c2ccccc2)ccn1. The van der Waals surface area contributed by atoms with Gasteiger partial charge in [0.15, 0.2) is 20.4 Å². The van der Waals surface area contributed by atoms with Gasteiger partial charge in [-0.05, 0) is 24.3 Å². The fraction of sp³-hybridized carbons (Fsp3) is 0.0526. The Morgan fingerprint density at radius 1 is 0.862 bits per heavy atom. The maximum Gasteiger partial charge on any atom is 0.534 e. The quantitative estimate of drug-likeness (QED) is 0.338. The molecule has 3 aromatic rings. The zero-order valence-electron chi connectivity index (χ0n) is 14.5. The molecular formula is C19H13F3NO4S2+. The summed E-state index contributed by atoms with van der Waals surface area (Å²) in [6.45, 7) is 0. The summed E-state index contributed by atoms with van der Waals surface area (Å²) in [5.41, 5.74) is -6.25. The lowest BCUT2D eigenvalue weighted by Gasteiger charge is -2.10. The average molecular weight is 440 g/mol. The third-order valence-electron chi connectivity index (χ3n) is 3.60. The summed E-state index contributed by atoms with van der Waals surface area (Å²) < 4.78 is 63.3. The Bertz CT molecular complexity index is 1070. The van der Waals surface area contributed by atoms with Gasteiger partial charge in [-0.3, -0.25) is 0 Å². The molecule has 0 radical (unpaired) electrons. The molecule has 10 heteroatoms. The zero-order chi connectivity index (χ0) is 21.1. The molecule has 2 aromatic carbocycles. The maximum absolute atomic E-state index is 12.5. The molecule has 0 aliphatic heterocycles. The van der Waals surface area contributed by atoms with Crippen molar-refractivity contribution in [1.29, 1.82) is 0 Å². The van der Waals surface area contributed by atoms with E-state index in [0.29, 0.717) is 4.90 Å². The molecule has 0 saturated carbocycles. The molecule has 5 nitrogen and oxygen atoms in total. The van der Waals surface area contributed by atoms with E-state index in [4.69, 9.17) is 0 Å². The topological polar surface area (TPSA) is 73.3 Å². The number of hydrogen-bond acceptors (Lipinski definition) is 5. The van der Waals surface area contributed by atoms with Crippen molar-refractivity contribution in [2.24, 2.45) is 0 Å². The van der Waals surface area contributed by atoms with Crippen molar-refractivity contribution in [3.8, 4) is 0 Å². The van der Waals surface area contributed by atoms with E-state index in [-0.39, 0.29) is 0 Å². The highest BCUT2D eigenvalue weighted by atomic mass is 32.2. The van der Waals surface area contributed by atoms with E-state index in [9.17, 15) is 26.4 Å². The van der Waals surface area contributed by atoms with Crippen molar-refractivity contribution >= 4 is 27.0 Å². The molecule has 0 amide bonds. The van der Waals surface area contributed by atoms with Gasteiger partial charge >= 0.3 is 21.6 Å². The Labute approximate surface area is 167 Å². The maximum atomic E-state index is 12.5. The van der Waals surface area contributed by atoms with Crippen LogP contribution in [0.2, 0.25) is 0 Å². The van der Waals surface area contributed by atoms with Gasteiger partial charge in [0.2, 0.25) is 0 Å². The molecule has 0 unspecified atom stereocenters. The van der Waals surface area contributed by atoms with Gasteiger partial charge in [0.05, 0.1) is 10.9 Å². The van der Waals surface area contributed by atoms with E-state index in [1.54, 1.807) is 6.07 Å².